The molecule has 0 amide bonds. The number of hydrogen-bond acceptors (Lipinski definition) is 3. The Labute approximate surface area is 98.3 Å². The average Bonchev–Trinajstić information content (AvgIpc) is 2.75. The van der Waals surface area contributed by atoms with Gasteiger partial charge >= 0.3 is 5.97 Å². The van der Waals surface area contributed by atoms with Crippen molar-refractivity contribution in [2.24, 2.45) is 0 Å². The summed E-state index contributed by atoms with van der Waals surface area (Å²) in [6.07, 6.45) is 1.73. The fourth-order valence-electron chi connectivity index (χ4n) is 1.56. The number of hydrogen-bond donors (Lipinski definition) is 1. The Morgan fingerprint density at radius 2 is 2.18 bits per heavy atom. The topological polar surface area (TPSA) is 64.4 Å². The van der Waals surface area contributed by atoms with Gasteiger partial charge < -0.3 is 9.84 Å². The van der Waals surface area contributed by atoms with Gasteiger partial charge in [0, 0.05) is 6.20 Å². The highest BCUT2D eigenvalue weighted by molar-refractivity contribution is 5.92. The van der Waals surface area contributed by atoms with E-state index >= 15 is 0 Å². The molecule has 88 valence electrons. The van der Waals surface area contributed by atoms with Gasteiger partial charge in [0.1, 0.15) is 5.75 Å². The van der Waals surface area contributed by atoms with Crippen LogP contribution in [0.25, 0.3) is 5.69 Å². The molecule has 0 aliphatic carbocycles. The molecule has 1 heterocycles. The molecule has 0 fully saturated rings. The van der Waals surface area contributed by atoms with E-state index in [1.54, 1.807) is 18.3 Å². The first-order valence-electron chi connectivity index (χ1n) is 5.06. The minimum Gasteiger partial charge on any atom is -0.497 e. The molecule has 2 aromatic rings. The molecule has 5 heteroatoms. The largest absolute Gasteiger partial charge is 0.497 e. The first-order chi connectivity index (χ1) is 8.11. The van der Waals surface area contributed by atoms with Gasteiger partial charge in [-0.2, -0.15) is 5.10 Å². The van der Waals surface area contributed by atoms with Crippen molar-refractivity contribution in [3.05, 3.63) is 41.7 Å². The summed E-state index contributed by atoms with van der Waals surface area (Å²) in [5.41, 5.74) is 1.51. The predicted molar refractivity (Wildman–Crippen MR) is 61.8 cm³/mol. The van der Waals surface area contributed by atoms with Crippen LogP contribution in [0.15, 0.2) is 30.5 Å². The fraction of sp³-hybridized carbons (Fsp3) is 0.167. The van der Waals surface area contributed by atoms with E-state index in [9.17, 15) is 4.79 Å². The molecule has 1 aromatic carbocycles. The number of methoxy groups -OCH3 is 1. The van der Waals surface area contributed by atoms with E-state index in [1.165, 1.54) is 17.9 Å². The van der Waals surface area contributed by atoms with E-state index in [1.807, 2.05) is 13.0 Å². The Morgan fingerprint density at radius 1 is 1.41 bits per heavy atom. The number of aromatic carboxylic acids is 1. The molecular weight excluding hydrogens is 220 g/mol. The highest BCUT2D eigenvalue weighted by atomic mass is 16.5. The average molecular weight is 232 g/mol. The van der Waals surface area contributed by atoms with E-state index < -0.39 is 5.97 Å². The number of ether oxygens (including phenoxy) is 1. The van der Waals surface area contributed by atoms with Gasteiger partial charge in [-0.1, -0.05) is 0 Å². The maximum Gasteiger partial charge on any atom is 0.338 e. The van der Waals surface area contributed by atoms with Gasteiger partial charge in [0.2, 0.25) is 0 Å². The Balaban J connectivity index is 2.57. The van der Waals surface area contributed by atoms with E-state index in [4.69, 9.17) is 9.84 Å². The minimum absolute atomic E-state index is 0.160. The first kappa shape index (κ1) is 11.2. The maximum atomic E-state index is 11.2. The van der Waals surface area contributed by atoms with Gasteiger partial charge in [0.15, 0.2) is 0 Å². The quantitative estimate of drug-likeness (QED) is 0.877. The van der Waals surface area contributed by atoms with Gasteiger partial charge in [0.05, 0.1) is 24.1 Å². The molecule has 0 radical (unpaired) electrons. The van der Waals surface area contributed by atoms with Crippen LogP contribution in [0.3, 0.4) is 0 Å². The smallest absolute Gasteiger partial charge is 0.338 e. The Morgan fingerprint density at radius 3 is 2.71 bits per heavy atom. The number of nitrogens with zero attached hydrogens (tertiary/aromatic N) is 2. The molecular formula is C12H12N2O3. The SMILES string of the molecule is COc1ccc(-n2ccc(C)n2)c(C(=O)O)c1. The van der Waals surface area contributed by atoms with Crippen LogP contribution in [0.4, 0.5) is 0 Å². The Hall–Kier alpha value is -2.30. The fourth-order valence-corrected chi connectivity index (χ4v) is 1.56. The van der Waals surface area contributed by atoms with Gasteiger partial charge in [-0.3, -0.25) is 0 Å². The number of aryl methyl sites for hydroxylation is 1. The molecule has 17 heavy (non-hydrogen) atoms. The first-order valence-corrected chi connectivity index (χ1v) is 5.06. The van der Waals surface area contributed by atoms with Crippen molar-refractivity contribution in [3.63, 3.8) is 0 Å². The number of rotatable bonds is 3. The zero-order valence-corrected chi connectivity index (χ0v) is 9.54. The van der Waals surface area contributed by atoms with Crippen LogP contribution in [0.5, 0.6) is 5.75 Å². The summed E-state index contributed by atoms with van der Waals surface area (Å²) in [6.45, 7) is 1.85. The third-order valence-electron chi connectivity index (χ3n) is 2.40. The van der Waals surface area contributed by atoms with Crippen molar-refractivity contribution in [2.75, 3.05) is 7.11 Å². The summed E-state index contributed by atoms with van der Waals surface area (Å²) in [6, 6.07) is 6.68. The lowest BCUT2D eigenvalue weighted by atomic mass is 10.1. The van der Waals surface area contributed by atoms with Gasteiger partial charge in [0.25, 0.3) is 0 Å². The lowest BCUT2D eigenvalue weighted by molar-refractivity contribution is 0.0696. The number of carbonyl (C=O) groups is 1. The van der Waals surface area contributed by atoms with Crippen LogP contribution in [0, 0.1) is 6.92 Å². The van der Waals surface area contributed by atoms with Gasteiger partial charge in [-0.25, -0.2) is 9.48 Å². The molecule has 2 rings (SSSR count). The molecule has 1 N–H and O–H groups in total. The molecule has 5 nitrogen and oxygen atoms in total. The van der Waals surface area contributed by atoms with Crippen molar-refractivity contribution in [1.82, 2.24) is 9.78 Å². The molecule has 0 saturated carbocycles. The molecule has 0 saturated heterocycles. The van der Waals surface area contributed by atoms with E-state index in [0.717, 1.165) is 5.69 Å². The summed E-state index contributed by atoms with van der Waals surface area (Å²) in [5, 5.41) is 13.3. The van der Waals surface area contributed by atoms with Crippen molar-refractivity contribution in [2.45, 2.75) is 6.92 Å². The van der Waals surface area contributed by atoms with E-state index in [-0.39, 0.29) is 5.56 Å². The van der Waals surface area contributed by atoms with Crippen LogP contribution in [0.1, 0.15) is 16.1 Å². The van der Waals surface area contributed by atoms with Gasteiger partial charge in [-0.15, -0.1) is 0 Å². The molecule has 0 atom stereocenters. The van der Waals surface area contributed by atoms with Crippen LogP contribution >= 0.6 is 0 Å². The predicted octanol–water partition coefficient (Wildman–Crippen LogP) is 1.89. The zero-order chi connectivity index (χ0) is 12.4. The molecule has 0 aliphatic rings. The summed E-state index contributed by atoms with van der Waals surface area (Å²) in [7, 11) is 1.50. The van der Waals surface area contributed by atoms with Crippen LogP contribution in [0.2, 0.25) is 0 Å². The molecule has 1 aromatic heterocycles. The summed E-state index contributed by atoms with van der Waals surface area (Å²) in [5.74, 6) is -0.498. The van der Waals surface area contributed by atoms with Crippen LogP contribution in [-0.4, -0.2) is 28.0 Å². The second-order valence-electron chi connectivity index (χ2n) is 3.59. The molecule has 0 unspecified atom stereocenters. The Bertz CT molecular complexity index is 561. The van der Waals surface area contributed by atoms with Crippen LogP contribution < -0.4 is 4.74 Å². The normalized spacial score (nSPS) is 10.2. The minimum atomic E-state index is -1.01. The molecule has 0 spiro atoms. The molecule has 0 bridgehead atoms. The maximum absolute atomic E-state index is 11.2. The van der Waals surface area contributed by atoms with E-state index in [2.05, 4.69) is 5.10 Å². The number of benzene rings is 1. The molecule has 0 aliphatic heterocycles. The number of carboxylic acids is 1. The monoisotopic (exact) mass is 232 g/mol. The highest BCUT2D eigenvalue weighted by Gasteiger charge is 2.13. The summed E-state index contributed by atoms with van der Waals surface area (Å²) >= 11 is 0. The third kappa shape index (κ3) is 2.13. The van der Waals surface area contributed by atoms with Crippen molar-refractivity contribution in [1.29, 1.82) is 0 Å². The third-order valence-corrected chi connectivity index (χ3v) is 2.40. The lowest BCUT2D eigenvalue weighted by Gasteiger charge is -2.08. The summed E-state index contributed by atoms with van der Waals surface area (Å²) < 4.78 is 6.55. The summed E-state index contributed by atoms with van der Waals surface area (Å²) in [4.78, 5) is 11.2. The van der Waals surface area contributed by atoms with Crippen molar-refractivity contribution < 1.29 is 14.6 Å². The second-order valence-corrected chi connectivity index (χ2v) is 3.59. The highest BCUT2D eigenvalue weighted by Crippen LogP contribution is 2.20. The van der Waals surface area contributed by atoms with Crippen molar-refractivity contribution in [3.8, 4) is 11.4 Å². The standard InChI is InChI=1S/C12H12N2O3/c1-8-5-6-14(13-8)11-4-3-9(17-2)7-10(11)12(15)16/h3-7H,1-2H3,(H,15,16). The van der Waals surface area contributed by atoms with E-state index in [0.29, 0.717) is 11.4 Å². The van der Waals surface area contributed by atoms with Crippen LogP contribution in [-0.2, 0) is 0 Å². The number of carboxylic acid groups (broad SMARTS) is 1. The van der Waals surface area contributed by atoms with Gasteiger partial charge in [-0.05, 0) is 31.2 Å². The number of aromatic nitrogens is 2. The zero-order valence-electron chi connectivity index (χ0n) is 9.54. The second kappa shape index (κ2) is 4.29. The lowest BCUT2D eigenvalue weighted by Crippen LogP contribution is -2.06. The van der Waals surface area contributed by atoms with Crippen molar-refractivity contribution >= 4 is 5.97 Å². The Kier molecular flexibility index (Phi) is 2.82.